The molecule has 0 saturated heterocycles. The van der Waals surface area contributed by atoms with Gasteiger partial charge in [-0.25, -0.2) is 15.0 Å². The average molecular weight is 400 g/mol. The van der Waals surface area contributed by atoms with Gasteiger partial charge in [0, 0.05) is 16.7 Å². The molecule has 0 radical (unpaired) electrons. The number of hydrogen-bond donors (Lipinski definition) is 2. The fourth-order valence-corrected chi connectivity index (χ4v) is 2.55. The van der Waals surface area contributed by atoms with Gasteiger partial charge in [0.05, 0.1) is 11.4 Å². The lowest BCUT2D eigenvalue weighted by atomic mass is 10.1. The minimum atomic E-state index is -1.27. The zero-order valence-corrected chi connectivity index (χ0v) is 15.1. The Kier molecular flexibility index (Phi) is 5.83. The summed E-state index contributed by atoms with van der Waals surface area (Å²) < 4.78 is 1.43. The fourth-order valence-electron chi connectivity index (χ4n) is 2.42. The first kappa shape index (κ1) is 19.3. The highest BCUT2D eigenvalue weighted by Gasteiger charge is 2.18. The molecule has 142 valence electrons. The molecule has 9 heteroatoms. The lowest BCUT2D eigenvalue weighted by Crippen LogP contribution is -2.33. The van der Waals surface area contributed by atoms with Crippen molar-refractivity contribution in [3.8, 4) is 16.9 Å². The first-order valence-corrected chi connectivity index (χ1v) is 8.43. The number of amides is 1. The van der Waals surface area contributed by atoms with Gasteiger partial charge in [-0.1, -0.05) is 41.9 Å². The molecule has 1 aromatic heterocycles. The van der Waals surface area contributed by atoms with E-state index in [9.17, 15) is 14.4 Å². The van der Waals surface area contributed by atoms with E-state index in [4.69, 9.17) is 16.7 Å². The van der Waals surface area contributed by atoms with Gasteiger partial charge >= 0.3 is 5.97 Å². The number of hydrogen-bond acceptors (Lipinski definition) is 5. The topological polar surface area (TPSA) is 111 Å². The van der Waals surface area contributed by atoms with Crippen LogP contribution in [-0.2, 0) is 9.63 Å². The Morgan fingerprint density at radius 3 is 2.43 bits per heavy atom. The van der Waals surface area contributed by atoms with Gasteiger partial charge in [-0.05, 0) is 24.3 Å². The largest absolute Gasteiger partial charge is 0.479 e. The third-order valence-electron chi connectivity index (χ3n) is 3.65. The van der Waals surface area contributed by atoms with Gasteiger partial charge in [-0.2, -0.15) is 5.10 Å². The maximum absolute atomic E-state index is 12.5. The predicted molar refractivity (Wildman–Crippen MR) is 101 cm³/mol. The number of benzene rings is 2. The SMILES string of the molecule is O=C(O)CONC(=O)c1nn(-c2ccc(Cl)cc2)c(-c2ccccc2)cc1=O. The Morgan fingerprint density at radius 1 is 1.11 bits per heavy atom. The molecule has 0 fully saturated rings. The summed E-state index contributed by atoms with van der Waals surface area (Å²) in [5, 5.41) is 13.2. The molecule has 3 aromatic rings. The normalized spacial score (nSPS) is 10.5. The second-order valence-electron chi connectivity index (χ2n) is 5.61. The summed E-state index contributed by atoms with van der Waals surface area (Å²) in [6, 6.07) is 17.0. The van der Waals surface area contributed by atoms with Crippen LogP contribution in [0, 0.1) is 0 Å². The lowest BCUT2D eigenvalue weighted by molar-refractivity contribution is -0.144. The summed E-state index contributed by atoms with van der Waals surface area (Å²) in [6.07, 6.45) is 0. The average Bonchev–Trinajstić information content (AvgIpc) is 2.69. The van der Waals surface area contributed by atoms with E-state index in [1.165, 1.54) is 10.7 Å². The molecule has 1 heterocycles. The second kappa shape index (κ2) is 8.47. The molecule has 0 aliphatic carbocycles. The van der Waals surface area contributed by atoms with Crippen LogP contribution < -0.4 is 10.9 Å². The lowest BCUT2D eigenvalue weighted by Gasteiger charge is -2.14. The number of carbonyl (C=O) groups is 2. The number of halogens is 1. The van der Waals surface area contributed by atoms with E-state index in [1.807, 2.05) is 23.7 Å². The zero-order chi connectivity index (χ0) is 20.1. The van der Waals surface area contributed by atoms with E-state index < -0.39 is 29.6 Å². The van der Waals surface area contributed by atoms with E-state index in [2.05, 4.69) is 9.94 Å². The van der Waals surface area contributed by atoms with Crippen molar-refractivity contribution in [1.29, 1.82) is 0 Å². The van der Waals surface area contributed by atoms with Gasteiger partial charge < -0.3 is 5.11 Å². The zero-order valence-electron chi connectivity index (χ0n) is 14.3. The monoisotopic (exact) mass is 399 g/mol. The van der Waals surface area contributed by atoms with E-state index in [0.29, 0.717) is 16.4 Å². The van der Waals surface area contributed by atoms with Crippen LogP contribution in [-0.4, -0.2) is 33.4 Å². The van der Waals surface area contributed by atoms with Crippen molar-refractivity contribution in [3.05, 3.63) is 81.6 Å². The third-order valence-corrected chi connectivity index (χ3v) is 3.90. The highest BCUT2D eigenvalue weighted by molar-refractivity contribution is 6.30. The maximum Gasteiger partial charge on any atom is 0.332 e. The Hall–Kier alpha value is -3.49. The standard InChI is InChI=1S/C19H14ClN3O5/c20-13-6-8-14(9-7-13)23-15(12-4-2-1-3-5-12)10-16(24)18(21-23)19(27)22-28-11-17(25)26/h1-10H,11H2,(H,22,27)(H,25,26). The van der Waals surface area contributed by atoms with Crippen molar-refractivity contribution in [2.75, 3.05) is 6.61 Å². The Bertz CT molecular complexity index is 1070. The first-order valence-electron chi connectivity index (χ1n) is 8.05. The molecule has 3 rings (SSSR count). The Morgan fingerprint density at radius 2 is 1.79 bits per heavy atom. The van der Waals surface area contributed by atoms with Crippen LogP contribution in [0.15, 0.2) is 65.5 Å². The van der Waals surface area contributed by atoms with Gasteiger partial charge in [-0.15, -0.1) is 0 Å². The minimum absolute atomic E-state index is 0.444. The predicted octanol–water partition coefficient (Wildman–Crippen LogP) is 2.30. The molecule has 0 aliphatic rings. The van der Waals surface area contributed by atoms with Crippen molar-refractivity contribution in [2.24, 2.45) is 0 Å². The molecule has 0 aliphatic heterocycles. The van der Waals surface area contributed by atoms with Gasteiger partial charge in [0.1, 0.15) is 0 Å². The van der Waals surface area contributed by atoms with Crippen molar-refractivity contribution < 1.29 is 19.5 Å². The number of carboxylic acid groups (broad SMARTS) is 1. The van der Waals surface area contributed by atoms with E-state index in [-0.39, 0.29) is 0 Å². The molecule has 2 N–H and O–H groups in total. The van der Waals surface area contributed by atoms with Crippen molar-refractivity contribution in [2.45, 2.75) is 0 Å². The Balaban J connectivity index is 2.08. The molecular formula is C19H14ClN3O5. The van der Waals surface area contributed by atoms with Crippen molar-refractivity contribution >= 4 is 23.5 Å². The van der Waals surface area contributed by atoms with Crippen LogP contribution in [0.25, 0.3) is 16.9 Å². The number of nitrogens with zero attached hydrogens (tertiary/aromatic N) is 2. The van der Waals surface area contributed by atoms with Crippen LogP contribution >= 0.6 is 11.6 Å². The summed E-state index contributed by atoms with van der Waals surface area (Å²) in [4.78, 5) is 39.7. The van der Waals surface area contributed by atoms with Gasteiger partial charge in [0.2, 0.25) is 5.43 Å². The number of nitrogens with one attached hydrogen (secondary N) is 1. The van der Waals surface area contributed by atoms with E-state index in [0.717, 1.165) is 5.56 Å². The molecule has 0 atom stereocenters. The molecule has 1 amide bonds. The second-order valence-corrected chi connectivity index (χ2v) is 6.05. The molecule has 8 nitrogen and oxygen atoms in total. The fraction of sp³-hybridized carbons (Fsp3) is 0.0526. The van der Waals surface area contributed by atoms with Crippen LogP contribution in [0.5, 0.6) is 0 Å². The molecule has 0 bridgehead atoms. The summed E-state index contributed by atoms with van der Waals surface area (Å²) in [5.74, 6) is -2.22. The minimum Gasteiger partial charge on any atom is -0.479 e. The quantitative estimate of drug-likeness (QED) is 0.615. The van der Waals surface area contributed by atoms with Crippen LogP contribution in [0.4, 0.5) is 0 Å². The summed E-state index contributed by atoms with van der Waals surface area (Å²) >= 11 is 5.94. The smallest absolute Gasteiger partial charge is 0.332 e. The number of aliphatic carboxylic acids is 1. The van der Waals surface area contributed by atoms with Crippen LogP contribution in [0.2, 0.25) is 5.02 Å². The summed E-state index contributed by atoms with van der Waals surface area (Å²) in [6.45, 7) is -0.751. The Labute approximate surface area is 163 Å². The third kappa shape index (κ3) is 4.43. The number of carbonyl (C=O) groups excluding carboxylic acids is 1. The first-order chi connectivity index (χ1) is 13.5. The number of carboxylic acids is 1. The molecule has 0 spiro atoms. The molecular weight excluding hydrogens is 386 g/mol. The number of rotatable bonds is 6. The maximum atomic E-state index is 12.5. The summed E-state index contributed by atoms with van der Waals surface area (Å²) in [7, 11) is 0. The van der Waals surface area contributed by atoms with Gasteiger partial charge in [-0.3, -0.25) is 14.4 Å². The number of aromatic nitrogens is 2. The highest BCUT2D eigenvalue weighted by Crippen LogP contribution is 2.22. The molecule has 0 saturated carbocycles. The van der Waals surface area contributed by atoms with Gasteiger partial charge in [0.25, 0.3) is 5.91 Å². The number of hydroxylamine groups is 1. The summed E-state index contributed by atoms with van der Waals surface area (Å²) in [5.41, 5.74) is 2.58. The van der Waals surface area contributed by atoms with E-state index >= 15 is 0 Å². The van der Waals surface area contributed by atoms with E-state index in [1.54, 1.807) is 36.4 Å². The van der Waals surface area contributed by atoms with Gasteiger partial charge in [0.15, 0.2) is 12.3 Å². The molecule has 28 heavy (non-hydrogen) atoms. The van der Waals surface area contributed by atoms with Crippen LogP contribution in [0.3, 0.4) is 0 Å². The van der Waals surface area contributed by atoms with Crippen LogP contribution in [0.1, 0.15) is 10.5 Å². The highest BCUT2D eigenvalue weighted by atomic mass is 35.5. The van der Waals surface area contributed by atoms with Crippen molar-refractivity contribution in [1.82, 2.24) is 15.3 Å². The molecule has 2 aromatic carbocycles. The van der Waals surface area contributed by atoms with Crippen molar-refractivity contribution in [3.63, 3.8) is 0 Å². The molecule has 0 unspecified atom stereocenters.